The average Bonchev–Trinajstić information content (AvgIpc) is 2.58. The largest absolute Gasteiger partial charge is 0.205 e. The molecule has 0 unspecified atom stereocenters. The molecule has 2 aliphatic rings. The molecule has 0 saturated heterocycles. The van der Waals surface area contributed by atoms with Gasteiger partial charge in [-0.05, 0) is 92.1 Å². The lowest BCUT2D eigenvalue weighted by Gasteiger charge is -2.37. The van der Waals surface area contributed by atoms with Gasteiger partial charge in [0.05, 0.1) is 5.16 Å². The van der Waals surface area contributed by atoms with Crippen molar-refractivity contribution in [2.45, 2.75) is 64.2 Å². The molecule has 23 heavy (non-hydrogen) atoms. The van der Waals surface area contributed by atoms with Crippen LogP contribution >= 0.6 is 12.2 Å². The summed E-state index contributed by atoms with van der Waals surface area (Å²) in [5.41, 5.74) is 1.43. The minimum absolute atomic E-state index is 0.275. The molecule has 2 saturated carbocycles. The number of hydrogen-bond donors (Lipinski definition) is 0. The third-order valence-electron chi connectivity index (χ3n) is 6.11. The van der Waals surface area contributed by atoms with Gasteiger partial charge in [0.15, 0.2) is 0 Å². The number of nitrogens with zero attached hydrogens (tertiary/aromatic N) is 1. The molecule has 2 fully saturated rings. The minimum atomic E-state index is -0.275. The van der Waals surface area contributed by atoms with Crippen molar-refractivity contribution < 1.29 is 4.39 Å². The predicted molar refractivity (Wildman–Crippen MR) is 96.9 cm³/mol. The van der Waals surface area contributed by atoms with Gasteiger partial charge in [0.25, 0.3) is 0 Å². The number of rotatable bonds is 3. The molecule has 1 aromatic carbocycles. The molecule has 0 amide bonds. The molecule has 3 rings (SSSR count). The van der Waals surface area contributed by atoms with E-state index in [-0.39, 0.29) is 5.82 Å². The van der Waals surface area contributed by atoms with Crippen molar-refractivity contribution in [2.24, 2.45) is 22.7 Å². The van der Waals surface area contributed by atoms with Crippen LogP contribution in [0.1, 0.15) is 69.8 Å². The molecule has 1 nitrogen and oxygen atoms in total. The highest BCUT2D eigenvalue weighted by atomic mass is 32.1. The summed E-state index contributed by atoms with van der Waals surface area (Å²) in [5, 5.41) is 2.24. The van der Waals surface area contributed by atoms with E-state index in [0.717, 1.165) is 23.3 Å². The highest BCUT2D eigenvalue weighted by Gasteiger charge is 2.30. The van der Waals surface area contributed by atoms with Gasteiger partial charge in [-0.25, -0.2) is 4.39 Å². The van der Waals surface area contributed by atoms with Crippen LogP contribution in [0.4, 0.5) is 10.1 Å². The predicted octanol–water partition coefficient (Wildman–Crippen LogP) is 6.66. The lowest BCUT2D eigenvalue weighted by atomic mass is 9.68. The van der Waals surface area contributed by atoms with Crippen molar-refractivity contribution in [2.75, 3.05) is 0 Å². The lowest BCUT2D eigenvalue weighted by Crippen LogP contribution is -2.24. The monoisotopic (exact) mass is 331 g/mol. The SMILES string of the molecule is CC1CCC(C2CCC(c3ccc(N=C=S)c(F)c3)CC2)CC1. The Morgan fingerprint density at radius 2 is 1.61 bits per heavy atom. The van der Waals surface area contributed by atoms with Gasteiger partial charge < -0.3 is 0 Å². The van der Waals surface area contributed by atoms with E-state index in [0.29, 0.717) is 11.6 Å². The second-order valence-corrected chi connectivity index (χ2v) is 7.73. The van der Waals surface area contributed by atoms with Crippen LogP contribution in [0.5, 0.6) is 0 Å². The highest BCUT2D eigenvalue weighted by molar-refractivity contribution is 7.78. The molecule has 1 aromatic rings. The first-order valence-corrected chi connectivity index (χ1v) is 9.45. The smallest absolute Gasteiger partial charge is 0.149 e. The van der Waals surface area contributed by atoms with Crippen LogP contribution in [0.15, 0.2) is 23.2 Å². The van der Waals surface area contributed by atoms with E-state index in [9.17, 15) is 4.39 Å². The molecule has 0 bridgehead atoms. The summed E-state index contributed by atoms with van der Waals surface area (Å²) in [6.45, 7) is 2.39. The first-order chi connectivity index (χ1) is 11.2. The van der Waals surface area contributed by atoms with E-state index in [4.69, 9.17) is 0 Å². The van der Waals surface area contributed by atoms with Crippen molar-refractivity contribution in [3.05, 3.63) is 29.6 Å². The average molecular weight is 332 g/mol. The molecule has 0 aromatic heterocycles. The number of aliphatic imine (C=N–C) groups is 1. The third-order valence-corrected chi connectivity index (χ3v) is 6.20. The van der Waals surface area contributed by atoms with Crippen LogP contribution in [0, 0.1) is 23.6 Å². The van der Waals surface area contributed by atoms with Crippen LogP contribution in [0.3, 0.4) is 0 Å². The Balaban J connectivity index is 1.58. The van der Waals surface area contributed by atoms with Gasteiger partial charge in [0.1, 0.15) is 11.5 Å². The summed E-state index contributed by atoms with van der Waals surface area (Å²) >= 11 is 4.55. The Kier molecular flexibility index (Phi) is 5.61. The van der Waals surface area contributed by atoms with Crippen molar-refractivity contribution in [3.63, 3.8) is 0 Å². The fourth-order valence-corrected chi connectivity index (χ4v) is 4.70. The minimum Gasteiger partial charge on any atom is -0.205 e. The number of hydrogen-bond acceptors (Lipinski definition) is 2. The van der Waals surface area contributed by atoms with Crippen LogP contribution < -0.4 is 0 Å². The summed E-state index contributed by atoms with van der Waals surface area (Å²) in [4.78, 5) is 3.76. The van der Waals surface area contributed by atoms with Gasteiger partial charge in [0.2, 0.25) is 0 Å². The van der Waals surface area contributed by atoms with Crippen molar-refractivity contribution >= 4 is 23.1 Å². The van der Waals surface area contributed by atoms with E-state index < -0.39 is 0 Å². The third kappa shape index (κ3) is 4.08. The number of benzene rings is 1. The zero-order valence-electron chi connectivity index (χ0n) is 13.9. The Bertz CT molecular complexity index is 577. The van der Waals surface area contributed by atoms with Crippen LogP contribution in [-0.4, -0.2) is 5.16 Å². The summed E-state index contributed by atoms with van der Waals surface area (Å²) in [7, 11) is 0. The molecular weight excluding hydrogens is 305 g/mol. The molecule has 0 aliphatic heterocycles. The Labute approximate surface area is 144 Å². The van der Waals surface area contributed by atoms with Crippen LogP contribution in [0.25, 0.3) is 0 Å². The van der Waals surface area contributed by atoms with E-state index >= 15 is 0 Å². The fourth-order valence-electron chi connectivity index (χ4n) is 4.60. The van der Waals surface area contributed by atoms with Gasteiger partial charge in [-0.2, -0.15) is 4.99 Å². The zero-order valence-corrected chi connectivity index (χ0v) is 14.7. The molecule has 0 atom stereocenters. The van der Waals surface area contributed by atoms with E-state index in [1.807, 2.05) is 6.07 Å². The van der Waals surface area contributed by atoms with Crippen LogP contribution in [0.2, 0.25) is 0 Å². The molecule has 2 aliphatic carbocycles. The zero-order chi connectivity index (χ0) is 16.2. The Hall–Kier alpha value is -1.05. The second kappa shape index (κ2) is 7.68. The van der Waals surface area contributed by atoms with E-state index in [1.54, 1.807) is 12.1 Å². The molecule has 0 radical (unpaired) electrons. The van der Waals surface area contributed by atoms with E-state index in [2.05, 4.69) is 29.3 Å². The van der Waals surface area contributed by atoms with Crippen molar-refractivity contribution in [1.29, 1.82) is 0 Å². The van der Waals surface area contributed by atoms with Crippen molar-refractivity contribution in [1.82, 2.24) is 0 Å². The Morgan fingerprint density at radius 1 is 1.00 bits per heavy atom. The maximum absolute atomic E-state index is 14.0. The van der Waals surface area contributed by atoms with Gasteiger partial charge in [0, 0.05) is 0 Å². The van der Waals surface area contributed by atoms with Gasteiger partial charge in [-0.15, -0.1) is 0 Å². The highest BCUT2D eigenvalue weighted by Crippen LogP contribution is 2.44. The van der Waals surface area contributed by atoms with Crippen molar-refractivity contribution in [3.8, 4) is 0 Å². The van der Waals surface area contributed by atoms with Gasteiger partial charge in [-0.1, -0.05) is 25.8 Å². The maximum atomic E-state index is 14.0. The summed E-state index contributed by atoms with van der Waals surface area (Å²) in [6.07, 6.45) is 10.7. The maximum Gasteiger partial charge on any atom is 0.149 e. The fraction of sp³-hybridized carbons (Fsp3) is 0.650. The normalized spacial score (nSPS) is 31.4. The number of thiocarbonyl (C=S) groups is 1. The summed E-state index contributed by atoms with van der Waals surface area (Å²) < 4.78 is 14.0. The molecular formula is C20H26FNS. The molecule has 0 spiro atoms. The molecule has 124 valence electrons. The molecule has 3 heteroatoms. The molecule has 0 N–H and O–H groups in total. The van der Waals surface area contributed by atoms with Gasteiger partial charge in [-0.3, -0.25) is 0 Å². The second-order valence-electron chi connectivity index (χ2n) is 7.55. The number of isothiocyanates is 1. The number of halogens is 1. The summed E-state index contributed by atoms with van der Waals surface area (Å²) in [6, 6.07) is 5.40. The first kappa shape index (κ1) is 16.8. The standard InChI is InChI=1S/C20H26FNS/c1-14-2-4-15(5-3-14)16-6-8-17(9-7-16)18-10-11-20(22-13-23)19(21)12-18/h10-12,14-17H,2-9H2,1H3. The molecule has 0 heterocycles. The van der Waals surface area contributed by atoms with Gasteiger partial charge >= 0.3 is 0 Å². The lowest BCUT2D eigenvalue weighted by molar-refractivity contribution is 0.165. The van der Waals surface area contributed by atoms with Crippen LogP contribution in [-0.2, 0) is 0 Å². The summed E-state index contributed by atoms with van der Waals surface area (Å²) in [5.74, 6) is 3.02. The Morgan fingerprint density at radius 3 is 2.17 bits per heavy atom. The quantitative estimate of drug-likeness (QED) is 0.445. The van der Waals surface area contributed by atoms with E-state index in [1.165, 1.54) is 51.4 Å². The first-order valence-electron chi connectivity index (χ1n) is 9.04. The topological polar surface area (TPSA) is 12.4 Å².